The molecule has 2 aliphatic heterocycles. The lowest BCUT2D eigenvalue weighted by Gasteiger charge is -2.39. The van der Waals surface area contributed by atoms with Crippen LogP contribution in [0.3, 0.4) is 0 Å². The molecule has 0 bridgehead atoms. The number of hydrogen-bond donors (Lipinski definition) is 2. The zero-order valence-electron chi connectivity index (χ0n) is 29.2. The van der Waals surface area contributed by atoms with Gasteiger partial charge in [0.15, 0.2) is 17.2 Å². The molecule has 1 aromatic heterocycles. The fourth-order valence-electron chi connectivity index (χ4n) is 6.94. The van der Waals surface area contributed by atoms with E-state index in [1.54, 1.807) is 46.3 Å². The fraction of sp³-hybridized carbons (Fsp3) is 0.368. The molecule has 0 spiro atoms. The number of carbonyl (C=O) groups is 3. The summed E-state index contributed by atoms with van der Waals surface area (Å²) in [7, 11) is 3.10. The van der Waals surface area contributed by atoms with E-state index >= 15 is 0 Å². The van der Waals surface area contributed by atoms with Crippen molar-refractivity contribution in [2.75, 3.05) is 51.8 Å². The van der Waals surface area contributed by atoms with E-state index in [9.17, 15) is 14.4 Å². The lowest BCUT2D eigenvalue weighted by atomic mass is 9.99. The van der Waals surface area contributed by atoms with E-state index in [1.807, 2.05) is 24.3 Å². The highest BCUT2D eigenvalue weighted by atomic mass is 16.6. The Morgan fingerprint density at radius 1 is 0.900 bits per heavy atom. The molecule has 50 heavy (non-hydrogen) atoms. The van der Waals surface area contributed by atoms with Crippen LogP contribution < -0.4 is 24.4 Å². The molecule has 1 saturated heterocycles. The first kappa shape index (κ1) is 34.5. The molecule has 12 heteroatoms. The van der Waals surface area contributed by atoms with Gasteiger partial charge in [-0.2, -0.15) is 5.10 Å². The minimum atomic E-state index is -0.630. The van der Waals surface area contributed by atoms with Gasteiger partial charge in [-0.3, -0.25) is 24.5 Å². The summed E-state index contributed by atoms with van der Waals surface area (Å²) >= 11 is 0. The Kier molecular flexibility index (Phi) is 10.4. The van der Waals surface area contributed by atoms with Gasteiger partial charge < -0.3 is 24.4 Å². The number of anilines is 1. The Labute approximate surface area is 292 Å². The van der Waals surface area contributed by atoms with Gasteiger partial charge in [0, 0.05) is 38.8 Å². The number of piperazine rings is 1. The second-order valence-electron chi connectivity index (χ2n) is 12.6. The number of carbonyl (C=O) groups excluding carboxylic acids is 3. The van der Waals surface area contributed by atoms with Crippen LogP contribution in [0.5, 0.6) is 17.2 Å². The van der Waals surface area contributed by atoms with Gasteiger partial charge in [-0.1, -0.05) is 42.5 Å². The number of hydrogen-bond acceptors (Lipinski definition) is 9. The van der Waals surface area contributed by atoms with Gasteiger partial charge in [0.25, 0.3) is 11.8 Å². The van der Waals surface area contributed by atoms with Crippen LogP contribution >= 0.6 is 0 Å². The van der Waals surface area contributed by atoms with Crippen molar-refractivity contribution in [2.45, 2.75) is 45.7 Å². The molecule has 0 aliphatic carbocycles. The highest BCUT2D eigenvalue weighted by molar-refractivity contribution is 6.24. The third-order valence-corrected chi connectivity index (χ3v) is 9.69. The highest BCUT2D eigenvalue weighted by Crippen LogP contribution is 2.40. The van der Waals surface area contributed by atoms with E-state index < -0.39 is 12.1 Å². The molecule has 6 rings (SSSR count). The minimum absolute atomic E-state index is 0.263. The fourth-order valence-corrected chi connectivity index (χ4v) is 6.94. The first-order chi connectivity index (χ1) is 24.2. The molecule has 0 unspecified atom stereocenters. The van der Waals surface area contributed by atoms with Gasteiger partial charge in [-0.15, -0.1) is 0 Å². The van der Waals surface area contributed by atoms with Crippen molar-refractivity contribution in [3.8, 4) is 17.2 Å². The molecule has 12 nitrogen and oxygen atoms in total. The van der Waals surface area contributed by atoms with Crippen molar-refractivity contribution in [3.05, 3.63) is 100 Å². The number of imide groups is 1. The second-order valence-corrected chi connectivity index (χ2v) is 12.6. The average Bonchev–Trinajstić information content (AvgIpc) is 3.60. The van der Waals surface area contributed by atoms with Crippen LogP contribution in [0.1, 0.15) is 75.1 Å². The van der Waals surface area contributed by atoms with Crippen molar-refractivity contribution in [1.29, 1.82) is 0 Å². The highest BCUT2D eigenvalue weighted by Gasteiger charge is 2.43. The van der Waals surface area contributed by atoms with Crippen LogP contribution in [0.4, 0.5) is 10.5 Å². The topological polar surface area (TPSA) is 129 Å². The Hall–Kier alpha value is -5.36. The predicted octanol–water partition coefficient (Wildman–Crippen LogP) is 5.83. The lowest BCUT2D eigenvalue weighted by Crippen LogP contribution is -2.47. The molecule has 2 N–H and O–H groups in total. The van der Waals surface area contributed by atoms with Crippen LogP contribution in [0.2, 0.25) is 0 Å². The zero-order chi connectivity index (χ0) is 35.4. The van der Waals surface area contributed by atoms with Gasteiger partial charge in [-0.05, 0) is 69.0 Å². The largest absolute Gasteiger partial charge is 0.493 e. The van der Waals surface area contributed by atoms with Crippen LogP contribution in [-0.2, 0) is 0 Å². The summed E-state index contributed by atoms with van der Waals surface area (Å²) in [5.74, 6) is 0.733. The number of nitrogens with one attached hydrogen (secondary N) is 2. The SMILES string of the molecule is COc1ccc([C@@H](CCCNC(=O)Oc2c(C)n[nH]c2C)N2C(=O)c3cccc(N4CCN([C@H](C)c5ccccc5)CC4)c3C2=O)cc1OC. The molecule has 3 heterocycles. The molecular formula is C38H44N6O6. The Bertz CT molecular complexity index is 1830. The van der Waals surface area contributed by atoms with Gasteiger partial charge >= 0.3 is 6.09 Å². The molecule has 0 saturated carbocycles. The third-order valence-electron chi connectivity index (χ3n) is 9.69. The van der Waals surface area contributed by atoms with Crippen LogP contribution in [0.25, 0.3) is 0 Å². The summed E-state index contributed by atoms with van der Waals surface area (Å²) in [6, 6.07) is 21.0. The number of methoxy groups -OCH3 is 2. The van der Waals surface area contributed by atoms with E-state index in [-0.39, 0.29) is 24.4 Å². The molecule has 2 aliphatic rings. The van der Waals surface area contributed by atoms with Gasteiger partial charge in [0.1, 0.15) is 5.69 Å². The number of ether oxygens (including phenoxy) is 3. The van der Waals surface area contributed by atoms with Crippen LogP contribution in [0.15, 0.2) is 66.7 Å². The number of H-pyrrole nitrogens is 1. The minimum Gasteiger partial charge on any atom is -0.493 e. The van der Waals surface area contributed by atoms with Gasteiger partial charge in [0.2, 0.25) is 0 Å². The molecule has 4 aromatic rings. The normalized spacial score (nSPS) is 15.9. The number of rotatable bonds is 12. The number of nitrogens with zero attached hydrogens (tertiary/aromatic N) is 4. The van der Waals surface area contributed by atoms with Crippen LogP contribution in [0, 0.1) is 13.8 Å². The quantitative estimate of drug-likeness (QED) is 0.140. The number of benzene rings is 3. The standard InChI is InChI=1S/C38H44N6O6/c1-24-35(25(2)41-40-24)50-38(47)39-18-10-15-30(28-16-17-32(48-4)33(23-28)49-5)44-36(45)29-13-9-14-31(34(29)37(44)46)43-21-19-42(20-22-43)26(3)27-11-7-6-8-12-27/h6-9,11-14,16-17,23,26,30H,10,15,18-22H2,1-5H3,(H,39,47)(H,40,41)/t26-,30-/m1/s1. The Morgan fingerprint density at radius 2 is 1.64 bits per heavy atom. The first-order valence-corrected chi connectivity index (χ1v) is 17.0. The predicted molar refractivity (Wildman–Crippen MR) is 189 cm³/mol. The van der Waals surface area contributed by atoms with E-state index in [4.69, 9.17) is 14.2 Å². The van der Waals surface area contributed by atoms with Crippen molar-refractivity contribution < 1.29 is 28.6 Å². The number of amides is 3. The third kappa shape index (κ3) is 6.88. The summed E-state index contributed by atoms with van der Waals surface area (Å²) in [4.78, 5) is 47.2. The summed E-state index contributed by atoms with van der Waals surface area (Å²) in [6.07, 6.45) is 0.235. The number of aryl methyl sites for hydroxylation is 2. The van der Waals surface area contributed by atoms with E-state index in [2.05, 4.69) is 56.5 Å². The maximum absolute atomic E-state index is 14.4. The second kappa shape index (κ2) is 15.0. The van der Waals surface area contributed by atoms with Crippen LogP contribution in [-0.4, -0.2) is 84.8 Å². The van der Waals surface area contributed by atoms with E-state index in [0.717, 1.165) is 37.4 Å². The number of aromatic nitrogens is 2. The molecular weight excluding hydrogens is 636 g/mol. The summed E-state index contributed by atoms with van der Waals surface area (Å²) in [6.45, 7) is 9.12. The van der Waals surface area contributed by atoms with Crippen molar-refractivity contribution in [1.82, 2.24) is 25.3 Å². The van der Waals surface area contributed by atoms with E-state index in [1.165, 1.54) is 10.5 Å². The van der Waals surface area contributed by atoms with Gasteiger partial charge in [-0.25, -0.2) is 4.79 Å². The summed E-state index contributed by atoms with van der Waals surface area (Å²) in [5.41, 5.74) is 4.82. The molecule has 2 atom stereocenters. The monoisotopic (exact) mass is 680 g/mol. The van der Waals surface area contributed by atoms with Gasteiger partial charge in [0.05, 0.1) is 42.8 Å². The number of fused-ring (bicyclic) bond motifs is 1. The molecule has 0 radical (unpaired) electrons. The van der Waals surface area contributed by atoms with Crippen molar-refractivity contribution >= 4 is 23.6 Å². The molecule has 3 aromatic carbocycles. The number of aromatic amines is 1. The summed E-state index contributed by atoms with van der Waals surface area (Å²) in [5, 5.41) is 9.63. The maximum Gasteiger partial charge on any atom is 0.412 e. The molecule has 3 amide bonds. The molecule has 262 valence electrons. The smallest absolute Gasteiger partial charge is 0.412 e. The Balaban J connectivity index is 1.20. The average molecular weight is 681 g/mol. The summed E-state index contributed by atoms with van der Waals surface area (Å²) < 4.78 is 16.5. The lowest BCUT2D eigenvalue weighted by molar-refractivity contribution is 0.0571. The van der Waals surface area contributed by atoms with Crippen molar-refractivity contribution in [3.63, 3.8) is 0 Å². The maximum atomic E-state index is 14.4. The Morgan fingerprint density at radius 3 is 2.32 bits per heavy atom. The molecule has 1 fully saturated rings. The first-order valence-electron chi connectivity index (χ1n) is 17.0. The van der Waals surface area contributed by atoms with E-state index in [0.29, 0.717) is 52.6 Å². The van der Waals surface area contributed by atoms with Crippen molar-refractivity contribution in [2.24, 2.45) is 0 Å². The zero-order valence-corrected chi connectivity index (χ0v) is 29.2.